The Bertz CT molecular complexity index is 739. The van der Waals surface area contributed by atoms with E-state index in [0.29, 0.717) is 18.2 Å². The molecular weight excluding hydrogens is 308 g/mol. The number of carbonyl (C=O) groups is 1. The Morgan fingerprint density at radius 2 is 1.88 bits per heavy atom. The van der Waals surface area contributed by atoms with Crippen molar-refractivity contribution in [1.29, 1.82) is 0 Å². The van der Waals surface area contributed by atoms with E-state index in [1.807, 2.05) is 24.3 Å². The van der Waals surface area contributed by atoms with Crippen LogP contribution in [0.1, 0.15) is 42.6 Å². The van der Waals surface area contributed by atoms with Gasteiger partial charge < -0.3 is 10.1 Å². The maximum absolute atomic E-state index is 12.3. The zero-order valence-electron chi connectivity index (χ0n) is 13.9. The van der Waals surface area contributed by atoms with Crippen molar-refractivity contribution in [3.8, 4) is 5.75 Å². The number of ether oxygens (including phenoxy) is 1. The Balaban J connectivity index is 2.20. The van der Waals surface area contributed by atoms with E-state index in [0.717, 1.165) is 0 Å². The number of nitrogens with one attached hydrogen (secondary N) is 1. The number of nitro groups is 1. The molecule has 0 aromatic heterocycles. The first-order chi connectivity index (χ1) is 11.4. The van der Waals surface area contributed by atoms with Crippen LogP contribution in [0.25, 0.3) is 0 Å². The van der Waals surface area contributed by atoms with Crippen LogP contribution in [0.15, 0.2) is 42.5 Å². The lowest BCUT2D eigenvalue weighted by Gasteiger charge is -2.09. The molecule has 2 rings (SSSR count). The molecule has 0 aliphatic carbocycles. The molecular formula is C18H20N2O4. The van der Waals surface area contributed by atoms with Gasteiger partial charge in [0.2, 0.25) is 0 Å². The van der Waals surface area contributed by atoms with E-state index in [1.165, 1.54) is 23.8 Å². The van der Waals surface area contributed by atoms with Crippen LogP contribution in [0.3, 0.4) is 0 Å². The standard InChI is InChI=1S/C18H20N2O4/c1-4-24-17-10-7-14(11-16(17)20(22)23)18(21)19-15-8-5-13(6-9-15)12(2)3/h5-12H,4H2,1-3H3,(H,19,21). The maximum Gasteiger partial charge on any atom is 0.311 e. The minimum absolute atomic E-state index is 0.153. The summed E-state index contributed by atoms with van der Waals surface area (Å²) in [5.74, 6) is 0.155. The quantitative estimate of drug-likeness (QED) is 0.630. The van der Waals surface area contributed by atoms with Crippen molar-refractivity contribution in [3.63, 3.8) is 0 Å². The van der Waals surface area contributed by atoms with Gasteiger partial charge in [-0.25, -0.2) is 0 Å². The number of benzene rings is 2. The van der Waals surface area contributed by atoms with Crippen LogP contribution in [0.4, 0.5) is 11.4 Å². The SMILES string of the molecule is CCOc1ccc(C(=O)Nc2ccc(C(C)C)cc2)cc1[N+](=O)[O-]. The summed E-state index contributed by atoms with van der Waals surface area (Å²) in [6.07, 6.45) is 0. The monoisotopic (exact) mass is 328 g/mol. The van der Waals surface area contributed by atoms with Crippen molar-refractivity contribution >= 4 is 17.3 Å². The summed E-state index contributed by atoms with van der Waals surface area (Å²) >= 11 is 0. The summed E-state index contributed by atoms with van der Waals surface area (Å²) in [5, 5.41) is 13.9. The molecule has 0 aliphatic heterocycles. The fourth-order valence-electron chi connectivity index (χ4n) is 2.23. The molecule has 0 spiro atoms. The van der Waals surface area contributed by atoms with Gasteiger partial charge in [0.15, 0.2) is 5.75 Å². The lowest BCUT2D eigenvalue weighted by Crippen LogP contribution is -2.12. The van der Waals surface area contributed by atoms with E-state index in [-0.39, 0.29) is 17.0 Å². The molecule has 0 aliphatic rings. The Hall–Kier alpha value is -2.89. The summed E-state index contributed by atoms with van der Waals surface area (Å²) in [6.45, 7) is 6.24. The Morgan fingerprint density at radius 3 is 2.42 bits per heavy atom. The number of rotatable bonds is 6. The van der Waals surface area contributed by atoms with Crippen LogP contribution in [-0.2, 0) is 0 Å². The number of nitrogens with zero attached hydrogens (tertiary/aromatic N) is 1. The highest BCUT2D eigenvalue weighted by molar-refractivity contribution is 6.04. The molecule has 0 heterocycles. The summed E-state index contributed by atoms with van der Waals surface area (Å²) < 4.78 is 5.21. The second kappa shape index (κ2) is 7.59. The van der Waals surface area contributed by atoms with Crippen LogP contribution in [-0.4, -0.2) is 17.4 Å². The van der Waals surface area contributed by atoms with Crippen molar-refractivity contribution in [1.82, 2.24) is 0 Å². The van der Waals surface area contributed by atoms with E-state index >= 15 is 0 Å². The Morgan fingerprint density at radius 1 is 1.21 bits per heavy atom. The van der Waals surface area contributed by atoms with Gasteiger partial charge in [0, 0.05) is 17.3 Å². The van der Waals surface area contributed by atoms with Crippen LogP contribution < -0.4 is 10.1 Å². The number of hydrogen-bond donors (Lipinski definition) is 1. The predicted molar refractivity (Wildman–Crippen MR) is 92.7 cm³/mol. The van der Waals surface area contributed by atoms with Gasteiger partial charge in [0.25, 0.3) is 5.91 Å². The van der Waals surface area contributed by atoms with Gasteiger partial charge >= 0.3 is 5.69 Å². The van der Waals surface area contributed by atoms with Crippen LogP contribution >= 0.6 is 0 Å². The van der Waals surface area contributed by atoms with Crippen molar-refractivity contribution in [2.75, 3.05) is 11.9 Å². The first-order valence-electron chi connectivity index (χ1n) is 7.75. The summed E-state index contributed by atoms with van der Waals surface area (Å²) in [4.78, 5) is 22.9. The first-order valence-corrected chi connectivity index (χ1v) is 7.75. The Labute approximate surface area is 140 Å². The highest BCUT2D eigenvalue weighted by Gasteiger charge is 2.18. The van der Waals surface area contributed by atoms with Crippen LogP contribution in [0.5, 0.6) is 5.75 Å². The van der Waals surface area contributed by atoms with Gasteiger partial charge in [-0.15, -0.1) is 0 Å². The molecule has 126 valence electrons. The van der Waals surface area contributed by atoms with E-state index in [4.69, 9.17) is 4.74 Å². The summed E-state index contributed by atoms with van der Waals surface area (Å²) in [5.41, 5.74) is 1.79. The van der Waals surface area contributed by atoms with Gasteiger partial charge in [0.1, 0.15) is 0 Å². The third-order valence-corrected chi connectivity index (χ3v) is 3.55. The third-order valence-electron chi connectivity index (χ3n) is 3.55. The lowest BCUT2D eigenvalue weighted by atomic mass is 10.0. The average Bonchev–Trinajstić information content (AvgIpc) is 2.55. The number of nitro benzene ring substituents is 1. The van der Waals surface area contributed by atoms with Gasteiger partial charge in [-0.1, -0.05) is 26.0 Å². The Kier molecular flexibility index (Phi) is 5.52. The second-order valence-corrected chi connectivity index (χ2v) is 5.60. The molecule has 6 nitrogen and oxygen atoms in total. The van der Waals surface area contributed by atoms with Gasteiger partial charge in [-0.3, -0.25) is 14.9 Å². The normalized spacial score (nSPS) is 10.5. The highest BCUT2D eigenvalue weighted by atomic mass is 16.6. The maximum atomic E-state index is 12.3. The molecule has 2 aromatic rings. The fraction of sp³-hybridized carbons (Fsp3) is 0.278. The molecule has 0 radical (unpaired) electrons. The summed E-state index contributed by atoms with van der Waals surface area (Å²) in [6, 6.07) is 11.7. The van der Waals surface area contributed by atoms with Gasteiger partial charge in [-0.05, 0) is 42.7 Å². The number of hydrogen-bond acceptors (Lipinski definition) is 4. The molecule has 2 aromatic carbocycles. The van der Waals surface area contributed by atoms with Crippen molar-refractivity contribution in [2.24, 2.45) is 0 Å². The number of anilines is 1. The van der Waals surface area contributed by atoms with E-state index in [2.05, 4.69) is 19.2 Å². The number of amides is 1. The third kappa shape index (κ3) is 4.10. The minimum atomic E-state index is -0.556. The molecule has 6 heteroatoms. The van der Waals surface area contributed by atoms with Crippen molar-refractivity contribution in [3.05, 3.63) is 63.7 Å². The zero-order valence-corrected chi connectivity index (χ0v) is 13.9. The largest absolute Gasteiger partial charge is 0.487 e. The van der Waals surface area contributed by atoms with Crippen molar-refractivity contribution in [2.45, 2.75) is 26.7 Å². The summed E-state index contributed by atoms with van der Waals surface area (Å²) in [7, 11) is 0. The molecule has 0 fully saturated rings. The molecule has 0 atom stereocenters. The van der Waals surface area contributed by atoms with Crippen molar-refractivity contribution < 1.29 is 14.5 Å². The smallest absolute Gasteiger partial charge is 0.311 e. The molecule has 1 amide bonds. The number of carbonyl (C=O) groups excluding carboxylic acids is 1. The van der Waals surface area contributed by atoms with Crippen LogP contribution in [0.2, 0.25) is 0 Å². The minimum Gasteiger partial charge on any atom is -0.487 e. The average molecular weight is 328 g/mol. The molecule has 0 saturated carbocycles. The second-order valence-electron chi connectivity index (χ2n) is 5.60. The molecule has 0 unspecified atom stereocenters. The van der Waals surface area contributed by atoms with E-state index in [1.54, 1.807) is 6.92 Å². The fourth-order valence-corrected chi connectivity index (χ4v) is 2.23. The zero-order chi connectivity index (χ0) is 17.7. The molecule has 0 saturated heterocycles. The van der Waals surface area contributed by atoms with Crippen LogP contribution in [0, 0.1) is 10.1 Å². The predicted octanol–water partition coefficient (Wildman–Crippen LogP) is 4.37. The highest BCUT2D eigenvalue weighted by Crippen LogP contribution is 2.28. The van der Waals surface area contributed by atoms with E-state index < -0.39 is 10.8 Å². The van der Waals surface area contributed by atoms with Gasteiger partial charge in [-0.2, -0.15) is 0 Å². The lowest BCUT2D eigenvalue weighted by molar-refractivity contribution is -0.385. The molecule has 24 heavy (non-hydrogen) atoms. The first kappa shape index (κ1) is 17.5. The van der Waals surface area contributed by atoms with E-state index in [9.17, 15) is 14.9 Å². The molecule has 0 bridgehead atoms. The topological polar surface area (TPSA) is 81.5 Å². The molecule has 1 N–H and O–H groups in total. The van der Waals surface area contributed by atoms with Gasteiger partial charge in [0.05, 0.1) is 11.5 Å².